The van der Waals surface area contributed by atoms with Crippen molar-refractivity contribution in [1.82, 2.24) is 9.55 Å². The van der Waals surface area contributed by atoms with E-state index in [9.17, 15) is 9.18 Å². The lowest BCUT2D eigenvalue weighted by Gasteiger charge is -2.13. The first-order valence-corrected chi connectivity index (χ1v) is 9.70. The smallest absolute Gasteiger partial charge is 0.319 e. The van der Waals surface area contributed by atoms with Crippen LogP contribution >= 0.6 is 11.8 Å². The molecule has 0 aliphatic carbocycles. The van der Waals surface area contributed by atoms with Crippen LogP contribution in [0.5, 0.6) is 0 Å². The summed E-state index contributed by atoms with van der Waals surface area (Å²) in [6.07, 6.45) is 2.39. The summed E-state index contributed by atoms with van der Waals surface area (Å²) in [6.45, 7) is 2.52. The average Bonchev–Trinajstić information content (AvgIpc) is 3.20. The van der Waals surface area contributed by atoms with Crippen LogP contribution in [-0.4, -0.2) is 26.9 Å². The molecule has 0 spiro atoms. The van der Waals surface area contributed by atoms with Crippen LogP contribution in [0.2, 0.25) is 0 Å². The molecule has 0 saturated carbocycles. The van der Waals surface area contributed by atoms with Gasteiger partial charge in [0, 0.05) is 6.42 Å². The highest BCUT2D eigenvalue weighted by Crippen LogP contribution is 2.34. The lowest BCUT2D eigenvalue weighted by atomic mass is 10.1. The zero-order chi connectivity index (χ0) is 18.8. The van der Waals surface area contributed by atoms with Crippen LogP contribution in [0.25, 0.3) is 11.3 Å². The van der Waals surface area contributed by atoms with Crippen molar-refractivity contribution < 1.29 is 13.9 Å². The number of aromatic nitrogens is 2. The van der Waals surface area contributed by atoms with Crippen molar-refractivity contribution in [1.29, 1.82) is 0 Å². The van der Waals surface area contributed by atoms with Crippen LogP contribution in [0, 0.1) is 5.82 Å². The van der Waals surface area contributed by atoms with Gasteiger partial charge >= 0.3 is 5.97 Å². The van der Waals surface area contributed by atoms with Gasteiger partial charge in [0.25, 0.3) is 0 Å². The van der Waals surface area contributed by atoms with Gasteiger partial charge in [-0.15, -0.1) is 0 Å². The van der Waals surface area contributed by atoms with E-state index in [4.69, 9.17) is 4.74 Å². The maximum atomic E-state index is 13.3. The summed E-state index contributed by atoms with van der Waals surface area (Å²) < 4.78 is 20.7. The molecule has 6 heteroatoms. The predicted octanol–water partition coefficient (Wildman–Crippen LogP) is 4.53. The Balaban J connectivity index is 1.70. The standard InChI is InChI=1S/C21H19FN2O2S/c1-14-11-19(20(25)26-14)27-21-23-12-18(16-7-9-17(22)10-8-16)24(21)13-15-5-3-2-4-6-15/h2-10,12,14,19H,11,13H2,1H3/t14-,19-/m0/s1. The first-order valence-electron chi connectivity index (χ1n) is 8.82. The second-order valence-corrected chi connectivity index (χ2v) is 7.76. The molecule has 1 aromatic heterocycles. The minimum Gasteiger partial charge on any atom is -0.462 e. The topological polar surface area (TPSA) is 44.1 Å². The largest absolute Gasteiger partial charge is 0.462 e. The van der Waals surface area contributed by atoms with Gasteiger partial charge in [0.15, 0.2) is 5.16 Å². The number of carbonyl (C=O) groups is 1. The number of imidazole rings is 1. The normalized spacial score (nSPS) is 19.3. The van der Waals surface area contributed by atoms with Crippen molar-refractivity contribution >= 4 is 17.7 Å². The van der Waals surface area contributed by atoms with Crippen LogP contribution in [0.4, 0.5) is 4.39 Å². The first-order chi connectivity index (χ1) is 13.1. The van der Waals surface area contributed by atoms with E-state index in [1.807, 2.05) is 25.1 Å². The molecule has 1 aliphatic heterocycles. The molecule has 4 rings (SSSR count). The van der Waals surface area contributed by atoms with E-state index in [1.165, 1.54) is 23.9 Å². The third-order valence-corrected chi connectivity index (χ3v) is 5.72. The molecule has 0 radical (unpaired) electrons. The Hall–Kier alpha value is -2.60. The number of nitrogens with zero attached hydrogens (tertiary/aromatic N) is 2. The minimum absolute atomic E-state index is 0.0656. The highest BCUT2D eigenvalue weighted by atomic mass is 32.2. The number of hydrogen-bond donors (Lipinski definition) is 0. The SMILES string of the molecule is C[C@H]1C[C@H](Sc2ncc(-c3ccc(F)cc3)n2Cc2ccccc2)C(=O)O1. The maximum absolute atomic E-state index is 13.3. The van der Waals surface area contributed by atoms with Crippen LogP contribution in [0.1, 0.15) is 18.9 Å². The molecular weight excluding hydrogens is 363 g/mol. The zero-order valence-electron chi connectivity index (χ0n) is 14.8. The molecular formula is C21H19FN2O2S. The number of ether oxygens (including phenoxy) is 1. The molecule has 1 aliphatic rings. The van der Waals surface area contributed by atoms with E-state index in [1.54, 1.807) is 18.3 Å². The van der Waals surface area contributed by atoms with Gasteiger partial charge in [-0.2, -0.15) is 0 Å². The predicted molar refractivity (Wildman–Crippen MR) is 103 cm³/mol. The van der Waals surface area contributed by atoms with Crippen molar-refractivity contribution in [3.63, 3.8) is 0 Å². The van der Waals surface area contributed by atoms with Gasteiger partial charge < -0.3 is 9.30 Å². The number of hydrogen-bond acceptors (Lipinski definition) is 4. The Morgan fingerprint density at radius 2 is 1.93 bits per heavy atom. The number of cyclic esters (lactones) is 1. The quantitative estimate of drug-likeness (QED) is 0.608. The van der Waals surface area contributed by atoms with Gasteiger partial charge in [0.2, 0.25) is 0 Å². The molecule has 1 fully saturated rings. The summed E-state index contributed by atoms with van der Waals surface area (Å²) in [4.78, 5) is 16.6. The summed E-state index contributed by atoms with van der Waals surface area (Å²) in [5, 5.41) is 0.507. The number of thioether (sulfide) groups is 1. The van der Waals surface area contributed by atoms with Gasteiger partial charge in [-0.05, 0) is 42.3 Å². The van der Waals surface area contributed by atoms with Crippen molar-refractivity contribution in [3.8, 4) is 11.3 Å². The third kappa shape index (κ3) is 3.90. The molecule has 0 bridgehead atoms. The van der Waals surface area contributed by atoms with Crippen molar-refractivity contribution in [2.24, 2.45) is 0 Å². The maximum Gasteiger partial charge on any atom is 0.319 e. The molecule has 3 aromatic rings. The first kappa shape index (κ1) is 17.8. The second-order valence-electron chi connectivity index (χ2n) is 6.59. The zero-order valence-corrected chi connectivity index (χ0v) is 15.7. The Kier molecular flexibility index (Phi) is 4.99. The van der Waals surface area contributed by atoms with Crippen LogP contribution in [-0.2, 0) is 16.1 Å². The van der Waals surface area contributed by atoms with Gasteiger partial charge in [-0.1, -0.05) is 42.1 Å². The number of halogens is 1. The lowest BCUT2D eigenvalue weighted by Crippen LogP contribution is -2.12. The van der Waals surface area contributed by atoms with E-state index < -0.39 is 0 Å². The van der Waals surface area contributed by atoms with Crippen molar-refractivity contribution in [3.05, 3.63) is 72.2 Å². The molecule has 0 N–H and O–H groups in total. The van der Waals surface area contributed by atoms with Crippen molar-refractivity contribution in [2.45, 2.75) is 36.4 Å². The van der Waals surface area contributed by atoms with Crippen LogP contribution < -0.4 is 0 Å². The highest BCUT2D eigenvalue weighted by molar-refractivity contribution is 8.00. The fraction of sp³-hybridized carbons (Fsp3) is 0.238. The van der Waals surface area contributed by atoms with Gasteiger partial charge in [-0.3, -0.25) is 4.79 Å². The van der Waals surface area contributed by atoms with E-state index in [2.05, 4.69) is 21.7 Å². The van der Waals surface area contributed by atoms with Crippen LogP contribution in [0.15, 0.2) is 66.0 Å². The third-order valence-electron chi connectivity index (χ3n) is 4.52. The van der Waals surface area contributed by atoms with Gasteiger partial charge in [0.05, 0.1) is 18.4 Å². The summed E-state index contributed by atoms with van der Waals surface area (Å²) >= 11 is 1.43. The molecule has 2 aromatic carbocycles. The molecule has 2 heterocycles. The van der Waals surface area contributed by atoms with E-state index in [0.717, 1.165) is 22.0 Å². The molecule has 27 heavy (non-hydrogen) atoms. The monoisotopic (exact) mass is 382 g/mol. The summed E-state index contributed by atoms with van der Waals surface area (Å²) in [5.41, 5.74) is 2.90. The Morgan fingerprint density at radius 3 is 2.59 bits per heavy atom. The number of carbonyl (C=O) groups excluding carboxylic acids is 1. The Morgan fingerprint density at radius 1 is 1.19 bits per heavy atom. The molecule has 1 saturated heterocycles. The van der Waals surface area contributed by atoms with Crippen molar-refractivity contribution in [2.75, 3.05) is 0 Å². The fourth-order valence-corrected chi connectivity index (χ4v) is 4.34. The molecule has 0 amide bonds. The van der Waals surface area contributed by atoms with E-state index in [-0.39, 0.29) is 23.1 Å². The van der Waals surface area contributed by atoms with Crippen LogP contribution in [0.3, 0.4) is 0 Å². The van der Waals surface area contributed by atoms with Gasteiger partial charge in [0.1, 0.15) is 17.2 Å². The highest BCUT2D eigenvalue weighted by Gasteiger charge is 2.34. The number of benzene rings is 2. The molecule has 0 unspecified atom stereocenters. The number of esters is 1. The lowest BCUT2D eigenvalue weighted by molar-refractivity contribution is -0.140. The molecule has 2 atom stereocenters. The van der Waals surface area contributed by atoms with Gasteiger partial charge in [-0.25, -0.2) is 9.37 Å². The Labute approximate surface area is 161 Å². The van der Waals surface area contributed by atoms with E-state index >= 15 is 0 Å². The Bertz CT molecular complexity index is 941. The minimum atomic E-state index is -0.273. The molecule has 4 nitrogen and oxygen atoms in total. The second kappa shape index (κ2) is 7.56. The fourth-order valence-electron chi connectivity index (χ4n) is 3.17. The molecule has 138 valence electrons. The average molecular weight is 382 g/mol. The summed E-state index contributed by atoms with van der Waals surface area (Å²) in [7, 11) is 0. The van der Waals surface area contributed by atoms with E-state index in [0.29, 0.717) is 13.0 Å². The number of rotatable bonds is 5. The summed E-state index contributed by atoms with van der Waals surface area (Å²) in [6, 6.07) is 16.4. The summed E-state index contributed by atoms with van der Waals surface area (Å²) in [5.74, 6) is -0.463.